The van der Waals surface area contributed by atoms with E-state index in [1.807, 2.05) is 25.1 Å². The number of rotatable bonds is 3. The summed E-state index contributed by atoms with van der Waals surface area (Å²) >= 11 is 3.43. The first-order chi connectivity index (χ1) is 6.52. The first kappa shape index (κ1) is 11.4. The second kappa shape index (κ2) is 4.74. The first-order valence-electron chi connectivity index (χ1n) is 4.80. The summed E-state index contributed by atoms with van der Waals surface area (Å²) in [4.78, 5) is 11.8. The Morgan fingerprint density at radius 2 is 2.07 bits per heavy atom. The Morgan fingerprint density at radius 1 is 1.43 bits per heavy atom. The number of ketones is 1. The summed E-state index contributed by atoms with van der Waals surface area (Å²) in [7, 11) is 0. The van der Waals surface area contributed by atoms with E-state index < -0.39 is 0 Å². The van der Waals surface area contributed by atoms with Crippen LogP contribution in [0.25, 0.3) is 0 Å². The Morgan fingerprint density at radius 3 is 2.64 bits per heavy atom. The fourth-order valence-electron chi connectivity index (χ4n) is 1.39. The van der Waals surface area contributed by atoms with Gasteiger partial charge in [-0.1, -0.05) is 41.9 Å². The van der Waals surface area contributed by atoms with Gasteiger partial charge in [0.25, 0.3) is 0 Å². The summed E-state index contributed by atoms with van der Waals surface area (Å²) in [6.07, 6.45) is 0.622. The maximum Gasteiger partial charge on any atom is 0.163 e. The lowest BCUT2D eigenvalue weighted by Gasteiger charge is -2.08. The highest BCUT2D eigenvalue weighted by Gasteiger charge is 2.11. The van der Waals surface area contributed by atoms with Crippen LogP contribution in [-0.2, 0) is 0 Å². The lowest BCUT2D eigenvalue weighted by atomic mass is 9.98. The van der Waals surface area contributed by atoms with Crippen LogP contribution in [-0.4, -0.2) is 5.78 Å². The largest absolute Gasteiger partial charge is 0.294 e. The molecule has 0 aliphatic carbocycles. The quantitative estimate of drug-likeness (QED) is 0.746. The molecule has 1 aromatic rings. The minimum Gasteiger partial charge on any atom is -0.294 e. The molecule has 2 heteroatoms. The normalized spacial score (nSPS) is 10.6. The van der Waals surface area contributed by atoms with E-state index in [9.17, 15) is 4.79 Å². The van der Waals surface area contributed by atoms with Crippen molar-refractivity contribution < 1.29 is 4.79 Å². The van der Waals surface area contributed by atoms with Crippen LogP contribution in [0.4, 0.5) is 0 Å². The molecule has 0 aromatic heterocycles. The molecule has 0 radical (unpaired) electrons. The van der Waals surface area contributed by atoms with Crippen LogP contribution >= 0.6 is 15.9 Å². The molecule has 0 bridgehead atoms. The van der Waals surface area contributed by atoms with E-state index in [1.54, 1.807) is 0 Å². The highest BCUT2D eigenvalue weighted by Crippen LogP contribution is 2.21. The molecule has 0 N–H and O–H groups in total. The highest BCUT2D eigenvalue weighted by molar-refractivity contribution is 9.10. The third-order valence-electron chi connectivity index (χ3n) is 2.16. The molecule has 1 aromatic carbocycles. The van der Waals surface area contributed by atoms with Gasteiger partial charge in [0.15, 0.2) is 5.78 Å². The molecular formula is C12H15BrO. The van der Waals surface area contributed by atoms with E-state index in [2.05, 4.69) is 29.8 Å². The van der Waals surface area contributed by atoms with Crippen molar-refractivity contribution in [1.82, 2.24) is 0 Å². The second-order valence-corrected chi connectivity index (χ2v) is 4.79. The van der Waals surface area contributed by atoms with Gasteiger partial charge in [-0.2, -0.15) is 0 Å². The fraction of sp³-hybridized carbons (Fsp3) is 0.417. The van der Waals surface area contributed by atoms with E-state index in [-0.39, 0.29) is 5.78 Å². The minimum absolute atomic E-state index is 0.235. The van der Waals surface area contributed by atoms with Crippen LogP contribution in [0.5, 0.6) is 0 Å². The summed E-state index contributed by atoms with van der Waals surface area (Å²) in [5.74, 6) is 0.652. The van der Waals surface area contributed by atoms with Gasteiger partial charge in [-0.15, -0.1) is 0 Å². The fourth-order valence-corrected chi connectivity index (χ4v) is 1.76. The maximum atomic E-state index is 11.8. The minimum atomic E-state index is 0.235. The molecule has 0 atom stereocenters. The molecule has 0 amide bonds. The SMILES string of the molecule is Cc1c(Br)cccc1C(=O)CC(C)C. The summed E-state index contributed by atoms with van der Waals surface area (Å²) in [5, 5.41) is 0. The van der Waals surface area contributed by atoms with Crippen LogP contribution in [0.2, 0.25) is 0 Å². The van der Waals surface area contributed by atoms with E-state index in [4.69, 9.17) is 0 Å². The van der Waals surface area contributed by atoms with Gasteiger partial charge in [0.2, 0.25) is 0 Å². The Kier molecular flexibility index (Phi) is 3.87. The average molecular weight is 255 g/mol. The Bertz CT molecular complexity index is 342. The zero-order valence-corrected chi connectivity index (χ0v) is 10.4. The van der Waals surface area contributed by atoms with Gasteiger partial charge in [0, 0.05) is 16.5 Å². The number of halogens is 1. The molecule has 0 spiro atoms. The van der Waals surface area contributed by atoms with Crippen molar-refractivity contribution in [2.75, 3.05) is 0 Å². The van der Waals surface area contributed by atoms with Crippen LogP contribution in [0.15, 0.2) is 22.7 Å². The molecule has 0 aliphatic heterocycles. The summed E-state index contributed by atoms with van der Waals surface area (Å²) in [6.45, 7) is 6.09. The zero-order chi connectivity index (χ0) is 10.7. The smallest absolute Gasteiger partial charge is 0.163 e. The average Bonchev–Trinajstić information content (AvgIpc) is 2.08. The third-order valence-corrected chi connectivity index (χ3v) is 3.02. The molecular weight excluding hydrogens is 240 g/mol. The molecule has 0 saturated heterocycles. The van der Waals surface area contributed by atoms with Crippen LogP contribution in [0.3, 0.4) is 0 Å². The van der Waals surface area contributed by atoms with Crippen molar-refractivity contribution in [2.45, 2.75) is 27.2 Å². The number of carbonyl (C=O) groups excluding carboxylic acids is 1. The number of carbonyl (C=O) groups is 1. The van der Waals surface area contributed by atoms with Gasteiger partial charge < -0.3 is 0 Å². The van der Waals surface area contributed by atoms with Crippen molar-refractivity contribution in [3.63, 3.8) is 0 Å². The van der Waals surface area contributed by atoms with Gasteiger partial charge in [-0.25, -0.2) is 0 Å². The van der Waals surface area contributed by atoms with Crippen LogP contribution in [0.1, 0.15) is 36.2 Å². The first-order valence-corrected chi connectivity index (χ1v) is 5.60. The van der Waals surface area contributed by atoms with Gasteiger partial charge in [0.05, 0.1) is 0 Å². The number of hydrogen-bond acceptors (Lipinski definition) is 1. The summed E-state index contributed by atoms with van der Waals surface area (Å²) in [6, 6.07) is 5.76. The topological polar surface area (TPSA) is 17.1 Å². The van der Waals surface area contributed by atoms with Gasteiger partial charge in [-0.05, 0) is 24.5 Å². The van der Waals surface area contributed by atoms with E-state index >= 15 is 0 Å². The van der Waals surface area contributed by atoms with E-state index in [0.717, 1.165) is 15.6 Å². The van der Waals surface area contributed by atoms with Crippen molar-refractivity contribution in [2.24, 2.45) is 5.92 Å². The van der Waals surface area contributed by atoms with Crippen LogP contribution in [0, 0.1) is 12.8 Å². The van der Waals surface area contributed by atoms with Gasteiger partial charge in [-0.3, -0.25) is 4.79 Å². The predicted molar refractivity (Wildman–Crippen MR) is 62.7 cm³/mol. The number of Topliss-reactive ketones (excluding diaryl/α,β-unsaturated/α-hetero) is 1. The Balaban J connectivity index is 2.96. The molecule has 0 heterocycles. The Hall–Kier alpha value is -0.630. The molecule has 0 fully saturated rings. The maximum absolute atomic E-state index is 11.8. The summed E-state index contributed by atoms with van der Waals surface area (Å²) < 4.78 is 1.01. The van der Waals surface area contributed by atoms with Crippen molar-refractivity contribution in [3.05, 3.63) is 33.8 Å². The van der Waals surface area contributed by atoms with Crippen molar-refractivity contribution >= 4 is 21.7 Å². The zero-order valence-electron chi connectivity index (χ0n) is 8.80. The Labute approximate surface area is 93.7 Å². The predicted octanol–water partition coefficient (Wildman–Crippen LogP) is 3.99. The molecule has 1 rings (SSSR count). The molecule has 14 heavy (non-hydrogen) atoms. The molecule has 0 aliphatic rings. The molecule has 0 unspecified atom stereocenters. The number of benzene rings is 1. The molecule has 0 saturated carbocycles. The monoisotopic (exact) mass is 254 g/mol. The van der Waals surface area contributed by atoms with Gasteiger partial charge >= 0.3 is 0 Å². The van der Waals surface area contributed by atoms with Gasteiger partial charge in [0.1, 0.15) is 0 Å². The van der Waals surface area contributed by atoms with E-state index in [1.165, 1.54) is 0 Å². The molecule has 1 nitrogen and oxygen atoms in total. The highest BCUT2D eigenvalue weighted by atomic mass is 79.9. The van der Waals surface area contributed by atoms with Crippen LogP contribution < -0.4 is 0 Å². The standard InChI is InChI=1S/C12H15BrO/c1-8(2)7-12(14)10-5-4-6-11(13)9(10)3/h4-6,8H,7H2,1-3H3. The number of hydrogen-bond donors (Lipinski definition) is 0. The third kappa shape index (κ3) is 2.68. The molecule has 76 valence electrons. The van der Waals surface area contributed by atoms with Crippen molar-refractivity contribution in [1.29, 1.82) is 0 Å². The van der Waals surface area contributed by atoms with Crippen molar-refractivity contribution in [3.8, 4) is 0 Å². The second-order valence-electron chi connectivity index (χ2n) is 3.93. The van der Waals surface area contributed by atoms with E-state index in [0.29, 0.717) is 12.3 Å². The lowest BCUT2D eigenvalue weighted by Crippen LogP contribution is -2.05. The summed E-state index contributed by atoms with van der Waals surface area (Å²) in [5.41, 5.74) is 1.88. The lowest BCUT2D eigenvalue weighted by molar-refractivity contribution is 0.0967.